The molecule has 8 nitrogen and oxygen atoms in total. The predicted octanol–water partition coefficient (Wildman–Crippen LogP) is 4.04. The number of carbonyl (C=O) groups excluding carboxylic acids is 1. The molecule has 180 valence electrons. The molecule has 0 bridgehead atoms. The normalized spacial score (nSPS) is 17.0. The molecule has 0 aliphatic carbocycles. The lowest BCUT2D eigenvalue weighted by molar-refractivity contribution is -0.105. The molecule has 2 aliphatic heterocycles. The standard InChI is InChI=1S/C16H18ClN5O2.C7H14FN/c17-13-7-20-15(21-10-23)5-12(13)14-8-18-9-16(22-14)19-6-11-1-3-24-4-2-11;8-4-7-9-5-2-1-3-6-9/h5,7-11H,1-4,6H2,(H,19,22)(H,20,21,23);1-7H2. The Labute approximate surface area is 199 Å². The number of nitrogens with one attached hydrogen (secondary N) is 2. The summed E-state index contributed by atoms with van der Waals surface area (Å²) in [5.74, 6) is 1.68. The monoisotopic (exact) mass is 478 g/mol. The third kappa shape index (κ3) is 8.49. The minimum Gasteiger partial charge on any atom is -0.381 e. The van der Waals surface area contributed by atoms with Crippen LogP contribution in [0.2, 0.25) is 5.02 Å². The summed E-state index contributed by atoms with van der Waals surface area (Å²) in [5, 5.41) is 6.27. The van der Waals surface area contributed by atoms with Crippen LogP contribution >= 0.6 is 11.6 Å². The van der Waals surface area contributed by atoms with Crippen LogP contribution in [0.15, 0.2) is 24.7 Å². The first kappa shape index (κ1) is 25.3. The number of amides is 1. The zero-order valence-corrected chi connectivity index (χ0v) is 19.6. The van der Waals surface area contributed by atoms with Gasteiger partial charge in [-0.25, -0.2) is 14.4 Å². The number of ether oxygens (including phenoxy) is 1. The number of piperidine rings is 1. The summed E-state index contributed by atoms with van der Waals surface area (Å²) >= 11 is 6.20. The van der Waals surface area contributed by atoms with Gasteiger partial charge in [0.15, 0.2) is 0 Å². The van der Waals surface area contributed by atoms with Crippen molar-refractivity contribution in [3.05, 3.63) is 29.7 Å². The number of carbonyl (C=O) groups is 1. The second-order valence-electron chi connectivity index (χ2n) is 8.13. The van der Waals surface area contributed by atoms with Gasteiger partial charge in [0.1, 0.15) is 18.3 Å². The van der Waals surface area contributed by atoms with Gasteiger partial charge >= 0.3 is 0 Å². The average molecular weight is 479 g/mol. The maximum absolute atomic E-state index is 11.7. The van der Waals surface area contributed by atoms with Crippen molar-refractivity contribution in [1.82, 2.24) is 19.9 Å². The number of aromatic nitrogens is 3. The number of pyridine rings is 1. The fraction of sp³-hybridized carbons (Fsp3) is 0.565. The molecule has 0 aromatic carbocycles. The maximum Gasteiger partial charge on any atom is 0.212 e. The highest BCUT2D eigenvalue weighted by molar-refractivity contribution is 6.33. The molecule has 2 saturated heterocycles. The molecule has 1 amide bonds. The summed E-state index contributed by atoms with van der Waals surface area (Å²) in [6.45, 7) is 5.17. The molecular formula is C23H32ClFN6O2. The topological polar surface area (TPSA) is 92.3 Å². The quantitative estimate of drug-likeness (QED) is 0.553. The summed E-state index contributed by atoms with van der Waals surface area (Å²) in [4.78, 5) is 25.6. The third-order valence-electron chi connectivity index (χ3n) is 5.73. The molecule has 2 fully saturated rings. The van der Waals surface area contributed by atoms with Crippen molar-refractivity contribution < 1.29 is 13.9 Å². The molecule has 10 heteroatoms. The zero-order chi connectivity index (χ0) is 23.3. The van der Waals surface area contributed by atoms with E-state index in [0.29, 0.717) is 46.8 Å². The Morgan fingerprint density at radius 1 is 1.15 bits per heavy atom. The van der Waals surface area contributed by atoms with Gasteiger partial charge in [-0.3, -0.25) is 9.78 Å². The van der Waals surface area contributed by atoms with E-state index in [1.807, 2.05) is 0 Å². The van der Waals surface area contributed by atoms with Crippen LogP contribution in [0, 0.1) is 5.92 Å². The summed E-state index contributed by atoms with van der Waals surface area (Å²) in [5.41, 5.74) is 1.28. The van der Waals surface area contributed by atoms with Crippen LogP contribution in [-0.2, 0) is 9.53 Å². The van der Waals surface area contributed by atoms with E-state index in [2.05, 4.69) is 30.5 Å². The van der Waals surface area contributed by atoms with Gasteiger partial charge in [-0.2, -0.15) is 0 Å². The third-order valence-corrected chi connectivity index (χ3v) is 6.04. The second kappa shape index (κ2) is 14.0. The molecule has 0 atom stereocenters. The fourth-order valence-corrected chi connectivity index (χ4v) is 4.06. The van der Waals surface area contributed by atoms with Gasteiger partial charge < -0.3 is 20.3 Å². The molecular weight excluding hydrogens is 447 g/mol. The van der Waals surface area contributed by atoms with Crippen molar-refractivity contribution in [2.24, 2.45) is 5.92 Å². The van der Waals surface area contributed by atoms with Crippen LogP contribution in [0.4, 0.5) is 16.0 Å². The number of hydrogen-bond acceptors (Lipinski definition) is 7. The van der Waals surface area contributed by atoms with E-state index < -0.39 is 0 Å². The molecule has 0 unspecified atom stereocenters. The molecule has 2 aromatic rings. The molecule has 2 aliphatic rings. The number of nitrogens with zero attached hydrogens (tertiary/aromatic N) is 4. The second-order valence-corrected chi connectivity index (χ2v) is 8.54. The van der Waals surface area contributed by atoms with E-state index in [0.717, 1.165) is 45.7 Å². The first-order chi connectivity index (χ1) is 16.2. The Morgan fingerprint density at radius 2 is 1.94 bits per heavy atom. The molecule has 4 rings (SSSR count). The van der Waals surface area contributed by atoms with E-state index >= 15 is 0 Å². The number of hydrogen-bond donors (Lipinski definition) is 2. The number of alkyl halides is 1. The smallest absolute Gasteiger partial charge is 0.212 e. The molecule has 33 heavy (non-hydrogen) atoms. The average Bonchev–Trinajstić information content (AvgIpc) is 2.86. The summed E-state index contributed by atoms with van der Waals surface area (Å²) in [6.07, 6.45) is 11.3. The molecule has 0 spiro atoms. The Hall–Kier alpha value is -2.36. The van der Waals surface area contributed by atoms with Crippen LogP contribution in [0.3, 0.4) is 0 Å². The Bertz CT molecular complexity index is 860. The fourth-order valence-electron chi connectivity index (χ4n) is 3.86. The predicted molar refractivity (Wildman–Crippen MR) is 128 cm³/mol. The van der Waals surface area contributed by atoms with Crippen molar-refractivity contribution in [3.63, 3.8) is 0 Å². The van der Waals surface area contributed by atoms with E-state index in [1.165, 1.54) is 25.5 Å². The molecule has 0 radical (unpaired) electrons. The van der Waals surface area contributed by atoms with Gasteiger partial charge in [0, 0.05) is 38.1 Å². The highest BCUT2D eigenvalue weighted by Gasteiger charge is 2.14. The Balaban J connectivity index is 0.000000286. The van der Waals surface area contributed by atoms with Gasteiger partial charge in [0.2, 0.25) is 6.41 Å². The van der Waals surface area contributed by atoms with Gasteiger partial charge in [0.25, 0.3) is 0 Å². The summed E-state index contributed by atoms with van der Waals surface area (Å²) in [7, 11) is 0. The van der Waals surface area contributed by atoms with Gasteiger partial charge in [0.05, 0.1) is 23.1 Å². The van der Waals surface area contributed by atoms with E-state index in [9.17, 15) is 9.18 Å². The van der Waals surface area contributed by atoms with Crippen molar-refractivity contribution >= 4 is 29.6 Å². The maximum atomic E-state index is 11.7. The number of halogens is 2. The van der Waals surface area contributed by atoms with Gasteiger partial charge in [-0.05, 0) is 50.8 Å². The lowest BCUT2D eigenvalue weighted by atomic mass is 10.0. The van der Waals surface area contributed by atoms with Gasteiger partial charge in [-0.15, -0.1) is 0 Å². The molecule has 2 aromatic heterocycles. The molecule has 4 heterocycles. The highest BCUT2D eigenvalue weighted by Crippen LogP contribution is 2.28. The van der Waals surface area contributed by atoms with Crippen molar-refractivity contribution in [2.45, 2.75) is 32.1 Å². The lowest BCUT2D eigenvalue weighted by Crippen LogP contribution is -2.31. The lowest BCUT2D eigenvalue weighted by Gasteiger charge is -2.24. The molecule has 0 saturated carbocycles. The highest BCUT2D eigenvalue weighted by atomic mass is 35.5. The largest absolute Gasteiger partial charge is 0.381 e. The van der Waals surface area contributed by atoms with Crippen LogP contribution in [0.5, 0.6) is 0 Å². The molecule has 2 N–H and O–H groups in total. The van der Waals surface area contributed by atoms with Gasteiger partial charge in [-0.1, -0.05) is 18.0 Å². The SMILES string of the molecule is FCCN1CCCCC1.O=CNc1cc(-c2cncc(NCC3CCOCC3)n2)c(Cl)cn1. The van der Waals surface area contributed by atoms with E-state index in [-0.39, 0.29) is 6.67 Å². The van der Waals surface area contributed by atoms with E-state index in [4.69, 9.17) is 16.3 Å². The number of likely N-dealkylation sites (tertiary alicyclic amines) is 1. The van der Waals surface area contributed by atoms with Crippen LogP contribution in [0.25, 0.3) is 11.3 Å². The summed E-state index contributed by atoms with van der Waals surface area (Å²) < 4.78 is 17.1. The minimum atomic E-state index is -0.181. The Morgan fingerprint density at radius 3 is 2.67 bits per heavy atom. The van der Waals surface area contributed by atoms with Crippen molar-refractivity contribution in [2.75, 3.05) is 56.7 Å². The zero-order valence-electron chi connectivity index (χ0n) is 18.8. The summed E-state index contributed by atoms with van der Waals surface area (Å²) in [6, 6.07) is 1.67. The van der Waals surface area contributed by atoms with Crippen LogP contribution < -0.4 is 10.6 Å². The van der Waals surface area contributed by atoms with Crippen molar-refractivity contribution in [3.8, 4) is 11.3 Å². The van der Waals surface area contributed by atoms with Crippen molar-refractivity contribution in [1.29, 1.82) is 0 Å². The number of anilines is 2. The van der Waals surface area contributed by atoms with Crippen LogP contribution in [-0.4, -0.2) is 72.3 Å². The van der Waals surface area contributed by atoms with Crippen LogP contribution in [0.1, 0.15) is 32.1 Å². The Kier molecular flexibility index (Phi) is 10.7. The minimum absolute atomic E-state index is 0.181. The first-order valence-corrected chi connectivity index (χ1v) is 11.9. The van der Waals surface area contributed by atoms with E-state index in [1.54, 1.807) is 18.5 Å². The first-order valence-electron chi connectivity index (χ1n) is 11.5. The number of rotatable bonds is 8.